The highest BCUT2D eigenvalue weighted by Gasteiger charge is 2.21. The number of nitrogens with one attached hydrogen (secondary N) is 1. The molecule has 3 rings (SSSR count). The molecule has 0 spiro atoms. The van der Waals surface area contributed by atoms with Crippen molar-refractivity contribution < 1.29 is 9.47 Å². The molecule has 1 heterocycles. The molecule has 0 bridgehead atoms. The van der Waals surface area contributed by atoms with Gasteiger partial charge in [-0.15, -0.1) is 0 Å². The minimum atomic E-state index is -0.560. The lowest BCUT2D eigenvalue weighted by Crippen LogP contribution is -2.35. The molecule has 0 aliphatic carbocycles. The first-order chi connectivity index (χ1) is 12.6. The number of hydrogen-bond acceptors (Lipinski definition) is 6. The number of ether oxygens (including phenoxy) is 2. The number of nitrogens with zero attached hydrogens (tertiary/aromatic N) is 1. The van der Waals surface area contributed by atoms with Gasteiger partial charge in [-0.25, -0.2) is 0 Å². The van der Waals surface area contributed by atoms with Gasteiger partial charge in [0.2, 0.25) is 0 Å². The third-order valence-corrected chi connectivity index (χ3v) is 4.77. The first-order valence-corrected chi connectivity index (χ1v) is 9.13. The molecular formula is C20H26N2O4. The maximum atomic E-state index is 11.4. The molecule has 2 aromatic carbocycles. The van der Waals surface area contributed by atoms with Crippen LogP contribution >= 0.6 is 0 Å². The van der Waals surface area contributed by atoms with Crippen molar-refractivity contribution in [1.82, 2.24) is 4.90 Å². The zero-order valence-electron chi connectivity index (χ0n) is 15.4. The average Bonchev–Trinajstić information content (AvgIpc) is 3.05. The lowest BCUT2D eigenvalue weighted by molar-refractivity contribution is 0.308. The molecule has 1 unspecified atom stereocenters. The van der Waals surface area contributed by atoms with Gasteiger partial charge in [-0.05, 0) is 43.0 Å². The second-order valence-corrected chi connectivity index (χ2v) is 6.97. The van der Waals surface area contributed by atoms with Gasteiger partial charge in [-0.3, -0.25) is 14.5 Å². The third kappa shape index (κ3) is 4.25. The van der Waals surface area contributed by atoms with E-state index < -0.39 is 10.9 Å². The van der Waals surface area contributed by atoms with Gasteiger partial charge in [0.25, 0.3) is 10.9 Å². The second-order valence-electron chi connectivity index (χ2n) is 6.97. The van der Waals surface area contributed by atoms with Crippen molar-refractivity contribution >= 4 is 5.69 Å². The van der Waals surface area contributed by atoms with Crippen LogP contribution in [0.25, 0.3) is 0 Å². The zero-order chi connectivity index (χ0) is 18.5. The standard InChI is InChI=1S/C20H26N2O4/c1-14-7-9-22(12-14)13-15-5-3-6-16(11-15)26-10-4-8-21-17-18(23)19(24)20(17)25-2/h3,5-6,11,14,21H,4,7-10,12-13H2,1-2H3. The van der Waals surface area contributed by atoms with Crippen LogP contribution in [0.2, 0.25) is 0 Å². The Morgan fingerprint density at radius 3 is 2.85 bits per heavy atom. The van der Waals surface area contributed by atoms with Crippen LogP contribution < -0.4 is 25.6 Å². The van der Waals surface area contributed by atoms with E-state index >= 15 is 0 Å². The molecule has 140 valence electrons. The Labute approximate surface area is 153 Å². The van der Waals surface area contributed by atoms with Crippen molar-refractivity contribution in [3.63, 3.8) is 0 Å². The molecule has 0 amide bonds. The minimum Gasteiger partial charge on any atom is -0.494 e. The Morgan fingerprint density at radius 1 is 1.27 bits per heavy atom. The summed E-state index contributed by atoms with van der Waals surface area (Å²) in [6, 6.07) is 8.21. The maximum absolute atomic E-state index is 11.4. The molecule has 6 heteroatoms. The molecule has 0 aromatic heterocycles. The molecule has 1 aliphatic heterocycles. The second kappa shape index (κ2) is 8.36. The van der Waals surface area contributed by atoms with Gasteiger partial charge >= 0.3 is 0 Å². The monoisotopic (exact) mass is 358 g/mol. The predicted octanol–water partition coefficient (Wildman–Crippen LogP) is 2.01. The molecule has 6 nitrogen and oxygen atoms in total. The van der Waals surface area contributed by atoms with E-state index in [2.05, 4.69) is 29.3 Å². The van der Waals surface area contributed by atoms with Crippen molar-refractivity contribution in [3.8, 4) is 11.5 Å². The summed E-state index contributed by atoms with van der Waals surface area (Å²) in [6.07, 6.45) is 1.99. The Hall–Kier alpha value is -2.34. The molecule has 1 N–H and O–H groups in total. The van der Waals surface area contributed by atoms with E-state index in [0.29, 0.717) is 13.2 Å². The predicted molar refractivity (Wildman–Crippen MR) is 102 cm³/mol. The van der Waals surface area contributed by atoms with E-state index in [1.807, 2.05) is 12.1 Å². The number of benzene rings is 1. The molecule has 0 radical (unpaired) electrons. The Morgan fingerprint density at radius 2 is 2.12 bits per heavy atom. The highest BCUT2D eigenvalue weighted by Crippen LogP contribution is 2.20. The lowest BCUT2D eigenvalue weighted by Gasteiger charge is -2.16. The van der Waals surface area contributed by atoms with Crippen molar-refractivity contribution in [2.24, 2.45) is 5.92 Å². The number of anilines is 1. The number of rotatable bonds is 9. The summed E-state index contributed by atoms with van der Waals surface area (Å²) >= 11 is 0. The molecule has 2 aromatic rings. The maximum Gasteiger partial charge on any atom is 0.271 e. The van der Waals surface area contributed by atoms with Gasteiger partial charge in [0.05, 0.1) is 13.7 Å². The molecule has 1 aliphatic rings. The fourth-order valence-electron chi connectivity index (χ4n) is 3.36. The first-order valence-electron chi connectivity index (χ1n) is 9.13. The van der Waals surface area contributed by atoms with Crippen LogP contribution in [0, 0.1) is 5.92 Å². The van der Waals surface area contributed by atoms with E-state index in [1.54, 1.807) is 0 Å². The number of hydrogen-bond donors (Lipinski definition) is 1. The van der Waals surface area contributed by atoms with Gasteiger partial charge in [0.1, 0.15) is 11.4 Å². The van der Waals surface area contributed by atoms with E-state index in [-0.39, 0.29) is 11.4 Å². The smallest absolute Gasteiger partial charge is 0.271 e. The fraction of sp³-hybridized carbons (Fsp3) is 0.500. The van der Waals surface area contributed by atoms with Crippen LogP contribution in [0.15, 0.2) is 33.9 Å². The fourth-order valence-corrected chi connectivity index (χ4v) is 3.36. The summed E-state index contributed by atoms with van der Waals surface area (Å²) in [5.41, 5.74) is 0.477. The molecule has 1 atom stereocenters. The van der Waals surface area contributed by atoms with E-state index in [4.69, 9.17) is 9.47 Å². The Kier molecular flexibility index (Phi) is 5.93. The average molecular weight is 358 g/mol. The topological polar surface area (TPSA) is 67.9 Å². The summed E-state index contributed by atoms with van der Waals surface area (Å²) in [5, 5.41) is 2.95. The van der Waals surface area contributed by atoms with Crippen molar-refractivity contribution in [3.05, 3.63) is 50.3 Å². The van der Waals surface area contributed by atoms with Gasteiger partial charge < -0.3 is 14.8 Å². The molecular weight excluding hydrogens is 332 g/mol. The van der Waals surface area contributed by atoms with Gasteiger partial charge in [-0.1, -0.05) is 19.1 Å². The van der Waals surface area contributed by atoms with Crippen LogP contribution in [0.4, 0.5) is 5.69 Å². The highest BCUT2D eigenvalue weighted by molar-refractivity contribution is 5.61. The SMILES string of the molecule is COc1c(NCCCOc2cccc(CN3CCC(C)C3)c2)c(=O)c1=O. The summed E-state index contributed by atoms with van der Waals surface area (Å²) in [5.74, 6) is 1.77. The summed E-state index contributed by atoms with van der Waals surface area (Å²) in [7, 11) is 1.39. The first kappa shape index (κ1) is 18.5. The van der Waals surface area contributed by atoms with Gasteiger partial charge in [-0.2, -0.15) is 0 Å². The Balaban J connectivity index is 1.41. The van der Waals surface area contributed by atoms with Crippen LogP contribution in [-0.2, 0) is 6.54 Å². The van der Waals surface area contributed by atoms with E-state index in [9.17, 15) is 9.59 Å². The number of likely N-dealkylation sites (tertiary alicyclic amines) is 1. The quantitative estimate of drug-likeness (QED) is 0.546. The van der Waals surface area contributed by atoms with Crippen molar-refractivity contribution in [2.45, 2.75) is 26.3 Å². The molecule has 26 heavy (non-hydrogen) atoms. The molecule has 1 fully saturated rings. The zero-order valence-corrected chi connectivity index (χ0v) is 15.4. The van der Waals surface area contributed by atoms with Crippen LogP contribution in [0.1, 0.15) is 25.3 Å². The molecule has 1 saturated heterocycles. The van der Waals surface area contributed by atoms with Gasteiger partial charge in [0, 0.05) is 19.6 Å². The number of methoxy groups -OCH3 is 1. The lowest BCUT2D eigenvalue weighted by atomic mass is 10.2. The van der Waals surface area contributed by atoms with E-state index in [1.165, 1.54) is 25.6 Å². The van der Waals surface area contributed by atoms with E-state index in [0.717, 1.165) is 31.2 Å². The minimum absolute atomic E-state index is 0.125. The molecule has 0 saturated carbocycles. The van der Waals surface area contributed by atoms with Crippen molar-refractivity contribution in [2.75, 3.05) is 38.7 Å². The summed E-state index contributed by atoms with van der Waals surface area (Å²) < 4.78 is 10.7. The largest absolute Gasteiger partial charge is 0.494 e. The Bertz CT molecular complexity index is 810. The summed E-state index contributed by atoms with van der Waals surface area (Å²) in [4.78, 5) is 25.2. The highest BCUT2D eigenvalue weighted by atomic mass is 16.5. The van der Waals surface area contributed by atoms with Gasteiger partial charge in [0.15, 0.2) is 5.75 Å². The van der Waals surface area contributed by atoms with Crippen LogP contribution in [0.5, 0.6) is 11.5 Å². The summed E-state index contributed by atoms with van der Waals surface area (Å²) in [6.45, 7) is 6.68. The normalized spacial score (nSPS) is 17.5. The third-order valence-electron chi connectivity index (χ3n) is 4.77. The van der Waals surface area contributed by atoms with Crippen molar-refractivity contribution in [1.29, 1.82) is 0 Å². The van der Waals surface area contributed by atoms with Crippen LogP contribution in [-0.4, -0.2) is 38.3 Å². The van der Waals surface area contributed by atoms with Crippen LogP contribution in [0.3, 0.4) is 0 Å².